The SMILES string of the molecule is CC(C)c1noc(NC(C)c2cccc(C#N)c2)n1. The summed E-state index contributed by atoms with van der Waals surface area (Å²) < 4.78 is 5.14. The number of anilines is 1. The van der Waals surface area contributed by atoms with E-state index in [1.165, 1.54) is 0 Å². The molecule has 0 radical (unpaired) electrons. The van der Waals surface area contributed by atoms with Crippen molar-refractivity contribution in [3.05, 3.63) is 41.2 Å². The van der Waals surface area contributed by atoms with Crippen LogP contribution < -0.4 is 5.32 Å². The molecule has 0 bridgehead atoms. The molecule has 1 N–H and O–H groups in total. The summed E-state index contributed by atoms with van der Waals surface area (Å²) in [6.07, 6.45) is 0. The van der Waals surface area contributed by atoms with Crippen LogP contribution in [0.15, 0.2) is 28.8 Å². The Morgan fingerprint density at radius 3 is 2.74 bits per heavy atom. The van der Waals surface area contributed by atoms with Crippen LogP contribution in [0.3, 0.4) is 0 Å². The summed E-state index contributed by atoms with van der Waals surface area (Å²) >= 11 is 0. The lowest BCUT2D eigenvalue weighted by Crippen LogP contribution is -2.07. The summed E-state index contributed by atoms with van der Waals surface area (Å²) in [4.78, 5) is 4.26. The van der Waals surface area contributed by atoms with Crippen LogP contribution in [-0.2, 0) is 0 Å². The fourth-order valence-corrected chi connectivity index (χ4v) is 1.67. The van der Waals surface area contributed by atoms with Gasteiger partial charge in [-0.05, 0) is 24.6 Å². The highest BCUT2D eigenvalue weighted by Gasteiger charge is 2.13. The van der Waals surface area contributed by atoms with Crippen LogP contribution in [0.25, 0.3) is 0 Å². The quantitative estimate of drug-likeness (QED) is 0.908. The van der Waals surface area contributed by atoms with E-state index in [4.69, 9.17) is 9.78 Å². The van der Waals surface area contributed by atoms with Crippen LogP contribution >= 0.6 is 0 Å². The zero-order valence-corrected chi connectivity index (χ0v) is 11.2. The monoisotopic (exact) mass is 256 g/mol. The first-order valence-electron chi connectivity index (χ1n) is 6.20. The fourth-order valence-electron chi connectivity index (χ4n) is 1.67. The topological polar surface area (TPSA) is 74.7 Å². The van der Waals surface area contributed by atoms with E-state index in [2.05, 4.69) is 21.5 Å². The van der Waals surface area contributed by atoms with Crippen LogP contribution in [0.5, 0.6) is 0 Å². The minimum absolute atomic E-state index is 0.00578. The van der Waals surface area contributed by atoms with Crippen molar-refractivity contribution >= 4 is 6.01 Å². The fraction of sp³-hybridized carbons (Fsp3) is 0.357. The lowest BCUT2D eigenvalue weighted by molar-refractivity contribution is 0.416. The Bertz CT molecular complexity index is 597. The first kappa shape index (κ1) is 13.1. The van der Waals surface area contributed by atoms with Gasteiger partial charge in [0.2, 0.25) is 0 Å². The van der Waals surface area contributed by atoms with Crippen molar-refractivity contribution in [3.8, 4) is 6.07 Å². The zero-order chi connectivity index (χ0) is 13.8. The minimum Gasteiger partial charge on any atom is -0.331 e. The predicted octanol–water partition coefficient (Wildman–Crippen LogP) is 3.24. The zero-order valence-electron chi connectivity index (χ0n) is 11.2. The summed E-state index contributed by atoms with van der Waals surface area (Å²) in [7, 11) is 0. The Morgan fingerprint density at radius 2 is 2.11 bits per heavy atom. The Balaban J connectivity index is 2.11. The van der Waals surface area contributed by atoms with E-state index in [1.54, 1.807) is 6.07 Å². The van der Waals surface area contributed by atoms with Crippen LogP contribution in [0.4, 0.5) is 6.01 Å². The summed E-state index contributed by atoms with van der Waals surface area (Å²) in [5, 5.41) is 15.9. The van der Waals surface area contributed by atoms with Gasteiger partial charge in [-0.15, -0.1) is 0 Å². The molecule has 98 valence electrons. The van der Waals surface area contributed by atoms with E-state index in [0.29, 0.717) is 17.4 Å². The third-order valence-electron chi connectivity index (χ3n) is 2.81. The molecular weight excluding hydrogens is 240 g/mol. The molecule has 0 aliphatic rings. The first-order chi connectivity index (χ1) is 9.10. The number of nitrogens with zero attached hydrogens (tertiary/aromatic N) is 3. The van der Waals surface area contributed by atoms with Crippen molar-refractivity contribution in [2.24, 2.45) is 0 Å². The maximum absolute atomic E-state index is 8.89. The number of nitriles is 1. The molecule has 2 aromatic rings. The van der Waals surface area contributed by atoms with E-state index in [1.807, 2.05) is 39.0 Å². The van der Waals surface area contributed by atoms with Gasteiger partial charge in [-0.3, -0.25) is 0 Å². The Hall–Kier alpha value is -2.35. The van der Waals surface area contributed by atoms with Crippen molar-refractivity contribution in [1.29, 1.82) is 5.26 Å². The van der Waals surface area contributed by atoms with E-state index in [9.17, 15) is 0 Å². The molecule has 1 unspecified atom stereocenters. The number of aromatic nitrogens is 2. The first-order valence-corrected chi connectivity index (χ1v) is 6.20. The second-order valence-corrected chi connectivity index (χ2v) is 4.72. The van der Waals surface area contributed by atoms with E-state index >= 15 is 0 Å². The molecule has 0 aliphatic carbocycles. The highest BCUT2D eigenvalue weighted by Crippen LogP contribution is 2.20. The number of nitrogens with one attached hydrogen (secondary N) is 1. The van der Waals surface area contributed by atoms with Crippen LogP contribution in [0.1, 0.15) is 49.7 Å². The summed E-state index contributed by atoms with van der Waals surface area (Å²) in [5.74, 6) is 0.914. The molecule has 0 saturated heterocycles. The normalized spacial score (nSPS) is 12.2. The second kappa shape index (κ2) is 5.53. The van der Waals surface area contributed by atoms with Gasteiger partial charge in [0.15, 0.2) is 5.82 Å². The number of hydrogen-bond acceptors (Lipinski definition) is 5. The maximum Gasteiger partial charge on any atom is 0.321 e. The Kier molecular flexibility index (Phi) is 3.81. The molecule has 0 amide bonds. The minimum atomic E-state index is -0.00578. The van der Waals surface area contributed by atoms with Crippen molar-refractivity contribution in [1.82, 2.24) is 10.1 Å². The van der Waals surface area contributed by atoms with Gasteiger partial charge in [-0.1, -0.05) is 31.1 Å². The number of hydrogen-bond donors (Lipinski definition) is 1. The third kappa shape index (κ3) is 3.10. The molecule has 1 aromatic heterocycles. The summed E-state index contributed by atoms with van der Waals surface area (Å²) in [6, 6.07) is 9.96. The van der Waals surface area contributed by atoms with Gasteiger partial charge in [0.05, 0.1) is 17.7 Å². The third-order valence-corrected chi connectivity index (χ3v) is 2.81. The molecule has 19 heavy (non-hydrogen) atoms. The van der Waals surface area contributed by atoms with E-state index in [0.717, 1.165) is 5.56 Å². The van der Waals surface area contributed by atoms with Crippen LogP contribution in [0.2, 0.25) is 0 Å². The molecule has 1 atom stereocenters. The van der Waals surface area contributed by atoms with Crippen molar-refractivity contribution in [3.63, 3.8) is 0 Å². The van der Waals surface area contributed by atoms with Gasteiger partial charge in [0.25, 0.3) is 0 Å². The number of benzene rings is 1. The highest BCUT2D eigenvalue weighted by atomic mass is 16.5. The lowest BCUT2D eigenvalue weighted by atomic mass is 10.1. The molecule has 0 saturated carbocycles. The molecule has 5 heteroatoms. The van der Waals surface area contributed by atoms with Crippen molar-refractivity contribution < 1.29 is 4.52 Å². The van der Waals surface area contributed by atoms with E-state index in [-0.39, 0.29) is 12.0 Å². The Morgan fingerprint density at radius 1 is 1.32 bits per heavy atom. The lowest BCUT2D eigenvalue weighted by Gasteiger charge is -2.11. The summed E-state index contributed by atoms with van der Waals surface area (Å²) in [5.41, 5.74) is 1.64. The Labute approximate surface area is 112 Å². The van der Waals surface area contributed by atoms with Crippen LogP contribution in [0, 0.1) is 11.3 Å². The average molecular weight is 256 g/mol. The van der Waals surface area contributed by atoms with Gasteiger partial charge >= 0.3 is 6.01 Å². The van der Waals surface area contributed by atoms with Crippen molar-refractivity contribution in [2.45, 2.75) is 32.7 Å². The molecule has 1 aromatic carbocycles. The maximum atomic E-state index is 8.89. The number of rotatable bonds is 4. The summed E-state index contributed by atoms with van der Waals surface area (Å²) in [6.45, 7) is 6.00. The van der Waals surface area contributed by atoms with Gasteiger partial charge in [0, 0.05) is 5.92 Å². The second-order valence-electron chi connectivity index (χ2n) is 4.72. The molecule has 0 fully saturated rings. The van der Waals surface area contributed by atoms with E-state index < -0.39 is 0 Å². The van der Waals surface area contributed by atoms with Crippen molar-refractivity contribution in [2.75, 3.05) is 5.32 Å². The molecule has 0 spiro atoms. The van der Waals surface area contributed by atoms with Gasteiger partial charge in [-0.2, -0.15) is 10.2 Å². The average Bonchev–Trinajstić information content (AvgIpc) is 2.87. The molecule has 5 nitrogen and oxygen atoms in total. The molecule has 0 aliphatic heterocycles. The van der Waals surface area contributed by atoms with Gasteiger partial charge in [-0.25, -0.2) is 0 Å². The highest BCUT2D eigenvalue weighted by molar-refractivity contribution is 5.36. The standard InChI is InChI=1S/C14H16N4O/c1-9(2)13-17-14(19-18-13)16-10(3)12-6-4-5-11(7-12)8-15/h4-7,9-10H,1-3H3,(H,16,17,18). The largest absolute Gasteiger partial charge is 0.331 e. The predicted molar refractivity (Wildman–Crippen MR) is 71.6 cm³/mol. The molecular formula is C14H16N4O. The molecule has 1 heterocycles. The smallest absolute Gasteiger partial charge is 0.321 e. The molecule has 2 rings (SSSR count). The van der Waals surface area contributed by atoms with Gasteiger partial charge in [0.1, 0.15) is 0 Å². The van der Waals surface area contributed by atoms with Crippen LogP contribution in [-0.4, -0.2) is 10.1 Å². The van der Waals surface area contributed by atoms with Gasteiger partial charge < -0.3 is 9.84 Å².